The summed E-state index contributed by atoms with van der Waals surface area (Å²) in [7, 11) is 0. The van der Waals surface area contributed by atoms with Crippen molar-refractivity contribution in [2.24, 2.45) is 35.5 Å². The third-order valence-corrected chi connectivity index (χ3v) is 6.07. The molecule has 2 bridgehead atoms. The number of amides is 1. The van der Waals surface area contributed by atoms with Gasteiger partial charge in [-0.25, -0.2) is 0 Å². The number of hydrogen-bond acceptors (Lipinski definition) is 2. The molecular formula is C17H16INO3. The van der Waals surface area contributed by atoms with Crippen molar-refractivity contribution in [2.75, 3.05) is 5.32 Å². The van der Waals surface area contributed by atoms with Crippen LogP contribution in [-0.2, 0) is 9.59 Å². The molecule has 0 spiro atoms. The first kappa shape index (κ1) is 14.2. The molecule has 1 aromatic carbocycles. The summed E-state index contributed by atoms with van der Waals surface area (Å²) in [4.78, 5) is 24.4. The van der Waals surface area contributed by atoms with Gasteiger partial charge in [-0.15, -0.1) is 0 Å². The average Bonchev–Trinajstić information content (AvgIpc) is 3.30. The number of carbonyl (C=O) groups is 2. The van der Waals surface area contributed by atoms with E-state index in [1.807, 2.05) is 30.3 Å². The van der Waals surface area contributed by atoms with Crippen molar-refractivity contribution in [1.29, 1.82) is 0 Å². The van der Waals surface area contributed by atoms with Crippen LogP contribution in [0.1, 0.15) is 6.42 Å². The summed E-state index contributed by atoms with van der Waals surface area (Å²) in [6.07, 6.45) is 5.18. The maximum absolute atomic E-state index is 12.7. The minimum absolute atomic E-state index is 0.0278. The Balaban J connectivity index is 1.60. The number of allylic oxidation sites excluding steroid dienone is 2. The van der Waals surface area contributed by atoms with Crippen molar-refractivity contribution in [2.45, 2.75) is 6.42 Å². The minimum atomic E-state index is -0.840. The first-order valence-corrected chi connectivity index (χ1v) is 8.61. The molecule has 0 heterocycles. The van der Waals surface area contributed by atoms with Crippen LogP contribution in [0.4, 0.5) is 5.69 Å². The number of hydrogen-bond donors (Lipinski definition) is 2. The molecule has 0 saturated heterocycles. The van der Waals surface area contributed by atoms with Crippen LogP contribution in [0, 0.1) is 39.1 Å². The molecule has 2 fully saturated rings. The summed E-state index contributed by atoms with van der Waals surface area (Å²) >= 11 is 2.21. The molecule has 22 heavy (non-hydrogen) atoms. The zero-order chi connectivity index (χ0) is 15.4. The van der Waals surface area contributed by atoms with Gasteiger partial charge in [-0.3, -0.25) is 9.59 Å². The third kappa shape index (κ3) is 2.17. The molecule has 6 atom stereocenters. The molecule has 2 saturated carbocycles. The van der Waals surface area contributed by atoms with Crippen LogP contribution >= 0.6 is 22.6 Å². The lowest BCUT2D eigenvalue weighted by molar-refractivity contribution is -0.152. The Kier molecular flexibility index (Phi) is 3.29. The average molecular weight is 409 g/mol. The first-order valence-electron chi connectivity index (χ1n) is 7.54. The topological polar surface area (TPSA) is 66.4 Å². The summed E-state index contributed by atoms with van der Waals surface area (Å²) in [5, 5.41) is 12.5. The lowest BCUT2D eigenvalue weighted by atomic mass is 9.62. The van der Waals surface area contributed by atoms with Crippen LogP contribution in [0.25, 0.3) is 0 Å². The van der Waals surface area contributed by atoms with Crippen LogP contribution in [0.15, 0.2) is 36.4 Å². The van der Waals surface area contributed by atoms with Crippen LogP contribution in [0.2, 0.25) is 0 Å². The van der Waals surface area contributed by atoms with Crippen molar-refractivity contribution in [3.05, 3.63) is 40.0 Å². The van der Waals surface area contributed by atoms with E-state index < -0.39 is 17.8 Å². The quantitative estimate of drug-likeness (QED) is 0.596. The highest BCUT2D eigenvalue weighted by Gasteiger charge is 2.62. The molecule has 4 nitrogen and oxygen atoms in total. The maximum atomic E-state index is 12.7. The van der Waals surface area contributed by atoms with Crippen LogP contribution in [-0.4, -0.2) is 17.0 Å². The predicted octanol–water partition coefficient (Wildman–Crippen LogP) is 3.00. The van der Waals surface area contributed by atoms with Gasteiger partial charge in [-0.05, 0) is 76.9 Å². The largest absolute Gasteiger partial charge is 0.481 e. The smallest absolute Gasteiger partial charge is 0.307 e. The van der Waals surface area contributed by atoms with Gasteiger partial charge in [0.05, 0.1) is 11.8 Å². The molecule has 1 aromatic rings. The highest BCUT2D eigenvalue weighted by Crippen LogP contribution is 2.63. The summed E-state index contributed by atoms with van der Waals surface area (Å²) < 4.78 is 1.10. The number of aliphatic carboxylic acids is 1. The summed E-state index contributed by atoms with van der Waals surface area (Å²) in [6.45, 7) is 0. The predicted molar refractivity (Wildman–Crippen MR) is 90.1 cm³/mol. The Bertz CT molecular complexity index is 669. The van der Waals surface area contributed by atoms with Crippen molar-refractivity contribution in [3.63, 3.8) is 0 Å². The molecule has 4 aliphatic carbocycles. The zero-order valence-corrected chi connectivity index (χ0v) is 13.9. The van der Waals surface area contributed by atoms with Crippen molar-refractivity contribution in [1.82, 2.24) is 0 Å². The second-order valence-electron chi connectivity index (χ2n) is 6.49. The standard InChI is InChI=1S/C17H16INO3/c18-8-1-3-9(4-2-8)19-16(20)14-10-5-6-11(13-7-12(10)13)15(14)17(21)22/h1-6,10-15H,7H2,(H,19,20)(H,21,22)/t10-,11-,12-,13-,14+,15+/m1/s1. The molecule has 2 N–H and O–H groups in total. The first-order chi connectivity index (χ1) is 10.6. The van der Waals surface area contributed by atoms with Gasteiger partial charge >= 0.3 is 5.97 Å². The second-order valence-corrected chi connectivity index (χ2v) is 7.73. The molecule has 114 valence electrons. The van der Waals surface area contributed by atoms with Gasteiger partial charge in [-0.1, -0.05) is 12.2 Å². The van der Waals surface area contributed by atoms with E-state index in [9.17, 15) is 14.7 Å². The van der Waals surface area contributed by atoms with E-state index in [1.54, 1.807) is 0 Å². The van der Waals surface area contributed by atoms with Gasteiger partial charge in [0.2, 0.25) is 5.91 Å². The van der Waals surface area contributed by atoms with Gasteiger partial charge in [0.25, 0.3) is 0 Å². The SMILES string of the molecule is O=C(O)[C@H]1[C@@H]2C=C[C@H]([C@H]3C[C@H]23)[C@@H]1C(=O)Nc1ccc(I)cc1. The molecule has 0 aliphatic heterocycles. The number of carbonyl (C=O) groups excluding carboxylic acids is 1. The molecule has 5 heteroatoms. The molecule has 0 radical (unpaired) electrons. The number of rotatable bonds is 3. The fraction of sp³-hybridized carbons (Fsp3) is 0.412. The highest BCUT2D eigenvalue weighted by molar-refractivity contribution is 14.1. The summed E-state index contributed by atoms with van der Waals surface area (Å²) in [6, 6.07) is 7.56. The fourth-order valence-corrected chi connectivity index (χ4v) is 4.69. The van der Waals surface area contributed by atoms with E-state index >= 15 is 0 Å². The molecular weight excluding hydrogens is 393 g/mol. The monoisotopic (exact) mass is 409 g/mol. The summed E-state index contributed by atoms with van der Waals surface area (Å²) in [5.41, 5.74) is 0.729. The fourth-order valence-electron chi connectivity index (χ4n) is 4.33. The van der Waals surface area contributed by atoms with Crippen LogP contribution in [0.3, 0.4) is 0 Å². The normalized spacial score (nSPS) is 37.5. The van der Waals surface area contributed by atoms with E-state index in [1.165, 1.54) is 0 Å². The number of carboxylic acids is 1. The Morgan fingerprint density at radius 2 is 1.64 bits per heavy atom. The second kappa shape index (κ2) is 5.08. The molecule has 5 rings (SSSR count). The number of nitrogens with one attached hydrogen (secondary N) is 1. The lowest BCUT2D eigenvalue weighted by Crippen LogP contribution is -2.48. The summed E-state index contributed by atoms with van der Waals surface area (Å²) in [5.74, 6) is -0.916. The zero-order valence-electron chi connectivity index (χ0n) is 11.8. The van der Waals surface area contributed by atoms with E-state index in [0.29, 0.717) is 11.8 Å². The molecule has 0 unspecified atom stereocenters. The van der Waals surface area contributed by atoms with E-state index in [4.69, 9.17) is 0 Å². The molecule has 4 aliphatic rings. The van der Waals surface area contributed by atoms with E-state index in [2.05, 4.69) is 34.0 Å². The lowest BCUT2D eigenvalue weighted by Gasteiger charge is -2.41. The van der Waals surface area contributed by atoms with Gasteiger partial charge in [0, 0.05) is 9.26 Å². The van der Waals surface area contributed by atoms with E-state index in [-0.39, 0.29) is 17.7 Å². The van der Waals surface area contributed by atoms with Crippen LogP contribution < -0.4 is 5.32 Å². The number of benzene rings is 1. The molecule has 1 amide bonds. The Morgan fingerprint density at radius 3 is 2.23 bits per heavy atom. The van der Waals surface area contributed by atoms with Crippen LogP contribution in [0.5, 0.6) is 0 Å². The minimum Gasteiger partial charge on any atom is -0.481 e. The van der Waals surface area contributed by atoms with Gasteiger partial charge in [0.15, 0.2) is 0 Å². The Labute approximate surface area is 142 Å². The van der Waals surface area contributed by atoms with Gasteiger partial charge < -0.3 is 10.4 Å². The number of halogens is 1. The highest BCUT2D eigenvalue weighted by atomic mass is 127. The van der Waals surface area contributed by atoms with Crippen molar-refractivity contribution < 1.29 is 14.7 Å². The third-order valence-electron chi connectivity index (χ3n) is 5.35. The number of anilines is 1. The number of carboxylic acid groups (broad SMARTS) is 1. The van der Waals surface area contributed by atoms with Crippen molar-refractivity contribution >= 4 is 40.2 Å². The number of fused-ring (bicyclic) bond motifs is 1. The van der Waals surface area contributed by atoms with Gasteiger partial charge in [-0.2, -0.15) is 0 Å². The Morgan fingerprint density at radius 1 is 1.05 bits per heavy atom. The van der Waals surface area contributed by atoms with Crippen molar-refractivity contribution in [3.8, 4) is 0 Å². The van der Waals surface area contributed by atoms with E-state index in [0.717, 1.165) is 15.7 Å². The van der Waals surface area contributed by atoms with Gasteiger partial charge in [0.1, 0.15) is 0 Å². The molecule has 0 aromatic heterocycles. The maximum Gasteiger partial charge on any atom is 0.307 e. The Hall–Kier alpha value is -1.37.